The molecule has 1 aliphatic carbocycles. The molecule has 1 saturated carbocycles. The molecule has 2 unspecified atom stereocenters. The molecule has 1 aliphatic rings. The molecule has 0 spiro atoms. The minimum atomic E-state index is -4.33. The van der Waals surface area contributed by atoms with Crippen molar-refractivity contribution in [3.63, 3.8) is 0 Å². The smallest absolute Gasteiger partial charge is 0.459 e. The van der Waals surface area contributed by atoms with E-state index in [1.807, 2.05) is 44.2 Å². The molecular weight excluding hydrogens is 663 g/mol. The second-order valence-corrected chi connectivity index (χ2v) is 14.3. The molecule has 0 aliphatic heterocycles. The molecule has 0 bridgehead atoms. The summed E-state index contributed by atoms with van der Waals surface area (Å²) >= 11 is 0. The van der Waals surface area contributed by atoms with Gasteiger partial charge in [-0.15, -0.1) is 0 Å². The minimum absolute atomic E-state index is 0.0724. The molecule has 0 amide bonds. The monoisotopic (exact) mass is 706 g/mol. The number of nitrogens with zero attached hydrogens (tertiary/aromatic N) is 3. The molecule has 1 fully saturated rings. The van der Waals surface area contributed by atoms with Gasteiger partial charge >= 0.3 is 19.7 Å². The highest BCUT2D eigenvalue weighted by Gasteiger charge is 2.53. The van der Waals surface area contributed by atoms with Crippen LogP contribution in [0.4, 0.5) is 5.95 Å². The molecular formula is C35H43N6O8P. The van der Waals surface area contributed by atoms with E-state index in [2.05, 4.69) is 20.0 Å². The molecule has 266 valence electrons. The molecule has 15 heteroatoms. The number of rotatable bonds is 17. The second kappa shape index (κ2) is 15.8. The summed E-state index contributed by atoms with van der Waals surface area (Å²) in [5.41, 5.74) is 6.26. The SMILES string of the molecule is CCC(CC)OC(=O)C(Cc1ccccc1)N[P@](=O)(OCC1(COC(=O)C(C)C)C/C1=C/n1cnc2c(=O)[nH]c(N)nc21)Oc1ccccc1. The van der Waals surface area contributed by atoms with Crippen LogP contribution in [0.15, 0.2) is 77.4 Å². The number of nitrogens with one attached hydrogen (secondary N) is 2. The quantitative estimate of drug-likeness (QED) is 0.0955. The van der Waals surface area contributed by atoms with E-state index in [1.54, 1.807) is 54.9 Å². The fourth-order valence-electron chi connectivity index (χ4n) is 5.26. The molecule has 5 rings (SSSR count). The van der Waals surface area contributed by atoms with Crippen molar-refractivity contribution in [1.82, 2.24) is 24.6 Å². The number of H-pyrrole nitrogens is 1. The standard InChI is InChI=1S/C35H43N6O8P/c1-5-26(6-2)48-33(44)28(17-24-13-9-7-10-14-24)40-50(45,49-27-15-11-8-12-16-27)47-21-35(20-46-32(43)23(3)4)18-25(35)19-41-22-37-29-30(41)38-34(36)39-31(29)42/h7-16,19,22-23,26,28H,5-6,17-18,20-21H2,1-4H3,(H,40,45)(H3,36,38,39,42)/b25-19-/t28?,35?,50-/m0/s1. The van der Waals surface area contributed by atoms with E-state index in [1.165, 1.54) is 6.33 Å². The first kappa shape index (κ1) is 36.5. The predicted octanol–water partition coefficient (Wildman–Crippen LogP) is 5.27. The Morgan fingerprint density at radius 1 is 1.06 bits per heavy atom. The van der Waals surface area contributed by atoms with Gasteiger partial charge in [0.2, 0.25) is 5.95 Å². The van der Waals surface area contributed by atoms with Crippen molar-refractivity contribution in [3.8, 4) is 5.75 Å². The Kier molecular flexibility index (Phi) is 11.6. The Bertz CT molecular complexity index is 1930. The third-order valence-corrected chi connectivity index (χ3v) is 9.90. The van der Waals surface area contributed by atoms with E-state index >= 15 is 0 Å². The predicted molar refractivity (Wildman–Crippen MR) is 188 cm³/mol. The van der Waals surface area contributed by atoms with Crippen molar-refractivity contribution < 1.29 is 32.7 Å². The number of imidazole rings is 1. The highest BCUT2D eigenvalue weighted by Crippen LogP contribution is 2.56. The van der Waals surface area contributed by atoms with Crippen LogP contribution in [0.1, 0.15) is 52.5 Å². The number of ether oxygens (including phenoxy) is 2. The number of fused-ring (bicyclic) bond motifs is 1. The number of hydrogen-bond donors (Lipinski definition) is 3. The first-order chi connectivity index (χ1) is 23.9. The van der Waals surface area contributed by atoms with Crippen LogP contribution in [0.5, 0.6) is 5.75 Å². The number of nitrogen functional groups attached to an aromatic ring is 1. The Morgan fingerprint density at radius 3 is 2.40 bits per heavy atom. The zero-order chi connectivity index (χ0) is 35.9. The summed E-state index contributed by atoms with van der Waals surface area (Å²) in [5.74, 6) is -1.22. The minimum Gasteiger partial charge on any atom is -0.464 e. The average Bonchev–Trinajstić information content (AvgIpc) is 3.63. The van der Waals surface area contributed by atoms with Crippen molar-refractivity contribution in [2.75, 3.05) is 18.9 Å². The number of para-hydroxylation sites is 1. The molecule has 50 heavy (non-hydrogen) atoms. The molecule has 0 radical (unpaired) electrons. The summed E-state index contributed by atoms with van der Waals surface area (Å²) in [6, 6.07) is 16.7. The number of anilines is 1. The maximum Gasteiger partial charge on any atom is 0.459 e. The van der Waals surface area contributed by atoms with Crippen molar-refractivity contribution in [2.24, 2.45) is 11.3 Å². The lowest BCUT2D eigenvalue weighted by Crippen LogP contribution is -2.41. The largest absolute Gasteiger partial charge is 0.464 e. The van der Waals surface area contributed by atoms with E-state index in [0.717, 1.165) is 11.1 Å². The van der Waals surface area contributed by atoms with Crippen LogP contribution in [0, 0.1) is 11.3 Å². The zero-order valence-corrected chi connectivity index (χ0v) is 29.4. The summed E-state index contributed by atoms with van der Waals surface area (Å²) in [6.45, 7) is 6.99. The van der Waals surface area contributed by atoms with Gasteiger partial charge in [-0.3, -0.25) is 28.5 Å². The van der Waals surface area contributed by atoms with E-state index in [0.29, 0.717) is 19.3 Å². The second-order valence-electron chi connectivity index (χ2n) is 12.6. The molecule has 4 N–H and O–H groups in total. The van der Waals surface area contributed by atoms with E-state index < -0.39 is 36.7 Å². The molecule has 2 heterocycles. The van der Waals surface area contributed by atoms with Crippen molar-refractivity contribution in [2.45, 2.75) is 65.5 Å². The fraction of sp³-hybridized carbons (Fsp3) is 0.400. The van der Waals surface area contributed by atoms with Crippen LogP contribution >= 0.6 is 7.75 Å². The highest BCUT2D eigenvalue weighted by molar-refractivity contribution is 7.52. The maximum absolute atomic E-state index is 14.7. The lowest BCUT2D eigenvalue weighted by molar-refractivity contribution is -0.152. The number of carbonyl (C=O) groups is 2. The van der Waals surface area contributed by atoms with Crippen molar-refractivity contribution in [1.29, 1.82) is 0 Å². The number of aromatic amines is 1. The summed E-state index contributed by atoms with van der Waals surface area (Å²) in [4.78, 5) is 49.3. The van der Waals surface area contributed by atoms with Gasteiger partial charge in [0.15, 0.2) is 11.2 Å². The van der Waals surface area contributed by atoms with Gasteiger partial charge in [-0.1, -0.05) is 76.2 Å². The maximum atomic E-state index is 14.7. The Labute approximate surface area is 290 Å². The van der Waals surface area contributed by atoms with Crippen LogP contribution in [0.2, 0.25) is 0 Å². The lowest BCUT2D eigenvalue weighted by atomic mass is 10.1. The van der Waals surface area contributed by atoms with Crippen LogP contribution < -0.4 is 20.9 Å². The van der Waals surface area contributed by atoms with Gasteiger partial charge in [0.05, 0.1) is 17.9 Å². The summed E-state index contributed by atoms with van der Waals surface area (Å²) in [5, 5.41) is 2.89. The van der Waals surface area contributed by atoms with Crippen LogP contribution in [0.25, 0.3) is 17.4 Å². The number of esters is 2. The average molecular weight is 707 g/mol. The first-order valence-electron chi connectivity index (χ1n) is 16.6. The summed E-state index contributed by atoms with van der Waals surface area (Å²) < 4.78 is 39.9. The molecule has 4 aromatic rings. The third kappa shape index (κ3) is 9.06. The fourth-order valence-corrected chi connectivity index (χ4v) is 6.83. The van der Waals surface area contributed by atoms with Crippen molar-refractivity contribution in [3.05, 3.63) is 88.5 Å². The van der Waals surface area contributed by atoms with Crippen LogP contribution in [0.3, 0.4) is 0 Å². The van der Waals surface area contributed by atoms with Gasteiger partial charge in [0, 0.05) is 6.20 Å². The van der Waals surface area contributed by atoms with Gasteiger partial charge in [0.1, 0.15) is 30.8 Å². The Balaban J connectivity index is 1.47. The Hall–Kier alpha value is -4.78. The first-order valence-corrected chi connectivity index (χ1v) is 18.1. The molecule has 2 aromatic carbocycles. The van der Waals surface area contributed by atoms with Crippen LogP contribution in [-0.4, -0.2) is 56.8 Å². The molecule has 3 atom stereocenters. The number of aromatic nitrogens is 4. The molecule has 2 aromatic heterocycles. The summed E-state index contributed by atoms with van der Waals surface area (Å²) in [6.07, 6.45) is 4.57. The van der Waals surface area contributed by atoms with E-state index in [9.17, 15) is 18.9 Å². The van der Waals surface area contributed by atoms with Crippen molar-refractivity contribution >= 4 is 43.0 Å². The number of hydrogen-bond acceptors (Lipinski definition) is 11. The van der Waals surface area contributed by atoms with E-state index in [-0.39, 0.29) is 54.5 Å². The normalized spacial score (nSPS) is 18.2. The number of nitrogens with two attached hydrogens (primary N) is 1. The van der Waals surface area contributed by atoms with Crippen LogP contribution in [-0.2, 0) is 34.6 Å². The van der Waals surface area contributed by atoms with Gasteiger partial charge in [0.25, 0.3) is 5.56 Å². The van der Waals surface area contributed by atoms with Gasteiger partial charge in [-0.05, 0) is 49.0 Å². The number of benzene rings is 2. The zero-order valence-electron chi connectivity index (χ0n) is 28.5. The number of carbonyl (C=O) groups excluding carboxylic acids is 2. The lowest BCUT2D eigenvalue weighted by Gasteiger charge is -2.27. The molecule has 0 saturated heterocycles. The highest BCUT2D eigenvalue weighted by atomic mass is 31.2. The third-order valence-electron chi connectivity index (χ3n) is 8.35. The van der Waals surface area contributed by atoms with Gasteiger partial charge in [-0.25, -0.2) is 9.55 Å². The Morgan fingerprint density at radius 2 is 1.74 bits per heavy atom. The topological polar surface area (TPSA) is 190 Å². The summed E-state index contributed by atoms with van der Waals surface area (Å²) in [7, 11) is -4.33. The van der Waals surface area contributed by atoms with Gasteiger partial charge in [-0.2, -0.15) is 10.1 Å². The van der Waals surface area contributed by atoms with Gasteiger partial charge < -0.3 is 19.7 Å². The molecule has 14 nitrogen and oxygen atoms in total. The van der Waals surface area contributed by atoms with E-state index in [4.69, 9.17) is 24.3 Å².